The van der Waals surface area contributed by atoms with Gasteiger partial charge in [0.1, 0.15) is 5.65 Å². The highest BCUT2D eigenvalue weighted by molar-refractivity contribution is 5.41. The van der Waals surface area contributed by atoms with Crippen LogP contribution in [-0.4, -0.2) is 15.9 Å². The minimum Gasteiger partial charge on any atom is -0.330 e. The third-order valence-corrected chi connectivity index (χ3v) is 3.84. The SMILES string of the molecule is NCCC1(c2cn3ccccc3n2)CCC1. The summed E-state index contributed by atoms with van der Waals surface area (Å²) in [5.41, 5.74) is 8.27. The number of nitrogens with two attached hydrogens (primary N) is 1. The number of hydrogen-bond acceptors (Lipinski definition) is 2. The summed E-state index contributed by atoms with van der Waals surface area (Å²) in [6.07, 6.45) is 9.09. The predicted octanol–water partition coefficient (Wildman–Crippen LogP) is 2.10. The molecule has 0 atom stereocenters. The van der Waals surface area contributed by atoms with Crippen LogP contribution in [-0.2, 0) is 5.41 Å². The molecule has 1 aliphatic rings. The number of aromatic nitrogens is 2. The molecule has 1 saturated carbocycles. The van der Waals surface area contributed by atoms with E-state index in [1.807, 2.05) is 12.1 Å². The monoisotopic (exact) mass is 215 g/mol. The Morgan fingerprint density at radius 3 is 2.88 bits per heavy atom. The third-order valence-electron chi connectivity index (χ3n) is 3.84. The lowest BCUT2D eigenvalue weighted by Crippen LogP contribution is -2.36. The number of nitrogens with zero attached hydrogens (tertiary/aromatic N) is 2. The summed E-state index contributed by atoms with van der Waals surface area (Å²) in [5.74, 6) is 0. The molecule has 16 heavy (non-hydrogen) atoms. The van der Waals surface area contributed by atoms with Crippen molar-refractivity contribution >= 4 is 5.65 Å². The Balaban J connectivity index is 2.04. The molecule has 3 rings (SSSR count). The van der Waals surface area contributed by atoms with E-state index in [-0.39, 0.29) is 5.41 Å². The molecule has 0 saturated heterocycles. The molecule has 1 aliphatic carbocycles. The Morgan fingerprint density at radius 2 is 2.25 bits per heavy atom. The van der Waals surface area contributed by atoms with Crippen LogP contribution in [0.1, 0.15) is 31.4 Å². The van der Waals surface area contributed by atoms with Gasteiger partial charge in [-0.3, -0.25) is 0 Å². The van der Waals surface area contributed by atoms with Gasteiger partial charge in [0.25, 0.3) is 0 Å². The van der Waals surface area contributed by atoms with Crippen molar-refractivity contribution in [3.8, 4) is 0 Å². The predicted molar refractivity (Wildman–Crippen MR) is 64.4 cm³/mol. The van der Waals surface area contributed by atoms with E-state index in [4.69, 9.17) is 10.7 Å². The highest BCUT2D eigenvalue weighted by Gasteiger charge is 2.39. The Bertz CT molecular complexity index is 464. The Kier molecular flexibility index (Phi) is 2.21. The van der Waals surface area contributed by atoms with Crippen LogP contribution in [0.5, 0.6) is 0 Å². The lowest BCUT2D eigenvalue weighted by Gasteiger charge is -2.40. The Morgan fingerprint density at radius 1 is 1.38 bits per heavy atom. The van der Waals surface area contributed by atoms with E-state index in [9.17, 15) is 0 Å². The number of hydrogen-bond donors (Lipinski definition) is 1. The van der Waals surface area contributed by atoms with Crippen LogP contribution in [0.15, 0.2) is 30.6 Å². The van der Waals surface area contributed by atoms with Crippen LogP contribution in [0, 0.1) is 0 Å². The molecule has 2 aromatic rings. The zero-order chi connectivity index (χ0) is 11.0. The van der Waals surface area contributed by atoms with E-state index < -0.39 is 0 Å². The highest BCUT2D eigenvalue weighted by Crippen LogP contribution is 2.45. The fourth-order valence-corrected chi connectivity index (χ4v) is 2.70. The van der Waals surface area contributed by atoms with Gasteiger partial charge in [0.05, 0.1) is 5.69 Å². The summed E-state index contributed by atoms with van der Waals surface area (Å²) in [6.45, 7) is 0.758. The normalized spacial score (nSPS) is 18.6. The van der Waals surface area contributed by atoms with Crippen molar-refractivity contribution in [1.29, 1.82) is 0 Å². The molecule has 3 nitrogen and oxygen atoms in total. The van der Waals surface area contributed by atoms with Crippen LogP contribution in [0.4, 0.5) is 0 Å². The summed E-state index contributed by atoms with van der Waals surface area (Å²) in [6, 6.07) is 6.12. The van der Waals surface area contributed by atoms with Crippen LogP contribution in [0.2, 0.25) is 0 Å². The van der Waals surface area contributed by atoms with Gasteiger partial charge in [-0.15, -0.1) is 0 Å². The second kappa shape index (κ2) is 3.59. The van der Waals surface area contributed by atoms with E-state index in [2.05, 4.69) is 22.9 Å². The first-order valence-electron chi connectivity index (χ1n) is 5.98. The maximum atomic E-state index is 5.72. The molecule has 84 valence electrons. The maximum absolute atomic E-state index is 5.72. The van der Waals surface area contributed by atoms with Crippen LogP contribution in [0.25, 0.3) is 5.65 Å². The molecular formula is C13H17N3. The second-order valence-electron chi connectivity index (χ2n) is 4.76. The molecule has 0 aliphatic heterocycles. The van der Waals surface area contributed by atoms with Gasteiger partial charge < -0.3 is 10.1 Å². The molecule has 1 fully saturated rings. The average molecular weight is 215 g/mol. The van der Waals surface area contributed by atoms with Crippen molar-refractivity contribution in [1.82, 2.24) is 9.38 Å². The lowest BCUT2D eigenvalue weighted by molar-refractivity contribution is 0.223. The number of imidazole rings is 1. The zero-order valence-corrected chi connectivity index (χ0v) is 9.39. The summed E-state index contributed by atoms with van der Waals surface area (Å²) in [7, 11) is 0. The average Bonchev–Trinajstić information content (AvgIpc) is 2.66. The number of pyridine rings is 1. The molecule has 2 N–H and O–H groups in total. The molecule has 2 aromatic heterocycles. The molecule has 2 heterocycles. The number of rotatable bonds is 3. The Hall–Kier alpha value is -1.35. The molecule has 0 bridgehead atoms. The summed E-state index contributed by atoms with van der Waals surface area (Å²) < 4.78 is 2.10. The topological polar surface area (TPSA) is 43.3 Å². The maximum Gasteiger partial charge on any atom is 0.136 e. The summed E-state index contributed by atoms with van der Waals surface area (Å²) in [4.78, 5) is 4.73. The molecule has 0 radical (unpaired) electrons. The van der Waals surface area contributed by atoms with E-state index in [0.29, 0.717) is 0 Å². The van der Waals surface area contributed by atoms with Gasteiger partial charge in [-0.25, -0.2) is 4.98 Å². The van der Waals surface area contributed by atoms with Gasteiger partial charge in [0, 0.05) is 17.8 Å². The number of fused-ring (bicyclic) bond motifs is 1. The molecule has 3 heteroatoms. The Labute approximate surface area is 95.3 Å². The van der Waals surface area contributed by atoms with Crippen LogP contribution in [0.3, 0.4) is 0 Å². The summed E-state index contributed by atoms with van der Waals surface area (Å²) in [5, 5.41) is 0. The van der Waals surface area contributed by atoms with Crippen molar-refractivity contribution in [3.63, 3.8) is 0 Å². The minimum absolute atomic E-state index is 0.279. The van der Waals surface area contributed by atoms with Gasteiger partial charge in [-0.2, -0.15) is 0 Å². The van der Waals surface area contributed by atoms with Crippen molar-refractivity contribution < 1.29 is 0 Å². The zero-order valence-electron chi connectivity index (χ0n) is 9.39. The van der Waals surface area contributed by atoms with Gasteiger partial charge >= 0.3 is 0 Å². The largest absolute Gasteiger partial charge is 0.330 e. The van der Waals surface area contributed by atoms with Crippen molar-refractivity contribution in [3.05, 3.63) is 36.3 Å². The van der Waals surface area contributed by atoms with Crippen molar-refractivity contribution in [2.24, 2.45) is 5.73 Å². The molecule has 0 unspecified atom stereocenters. The molecule has 0 spiro atoms. The standard InChI is InChI=1S/C13H17N3/c14-8-7-13(5-3-6-13)11-10-16-9-2-1-4-12(16)15-11/h1-2,4,9-10H,3,5-8,14H2. The highest BCUT2D eigenvalue weighted by atomic mass is 15.0. The van der Waals surface area contributed by atoms with Crippen molar-refractivity contribution in [2.45, 2.75) is 31.1 Å². The van der Waals surface area contributed by atoms with Crippen LogP contribution >= 0.6 is 0 Å². The van der Waals surface area contributed by atoms with Gasteiger partial charge in [-0.1, -0.05) is 12.5 Å². The fraction of sp³-hybridized carbons (Fsp3) is 0.462. The molecule has 0 aromatic carbocycles. The van der Waals surface area contributed by atoms with Gasteiger partial charge in [-0.05, 0) is 37.9 Å². The van der Waals surface area contributed by atoms with E-state index in [1.54, 1.807) is 0 Å². The smallest absolute Gasteiger partial charge is 0.136 e. The third kappa shape index (κ3) is 1.35. The summed E-state index contributed by atoms with van der Waals surface area (Å²) >= 11 is 0. The van der Waals surface area contributed by atoms with Crippen molar-refractivity contribution in [2.75, 3.05) is 6.54 Å². The van der Waals surface area contributed by atoms with E-state index >= 15 is 0 Å². The van der Waals surface area contributed by atoms with Crippen LogP contribution < -0.4 is 5.73 Å². The minimum atomic E-state index is 0.279. The lowest BCUT2D eigenvalue weighted by atomic mass is 9.65. The first-order valence-corrected chi connectivity index (χ1v) is 5.98. The first-order chi connectivity index (χ1) is 7.84. The fourth-order valence-electron chi connectivity index (χ4n) is 2.70. The molecular weight excluding hydrogens is 198 g/mol. The van der Waals surface area contributed by atoms with Gasteiger partial charge in [0.15, 0.2) is 0 Å². The van der Waals surface area contributed by atoms with E-state index in [1.165, 1.54) is 25.0 Å². The van der Waals surface area contributed by atoms with Gasteiger partial charge in [0.2, 0.25) is 0 Å². The first kappa shape index (κ1) is 9.85. The van der Waals surface area contributed by atoms with E-state index in [0.717, 1.165) is 18.6 Å². The molecule has 0 amide bonds. The second-order valence-corrected chi connectivity index (χ2v) is 4.76. The quantitative estimate of drug-likeness (QED) is 0.852.